The molecule has 0 aromatic heterocycles. The van der Waals surface area contributed by atoms with Crippen molar-refractivity contribution in [3.8, 4) is 0 Å². The van der Waals surface area contributed by atoms with Crippen LogP contribution in [0.3, 0.4) is 0 Å². The highest BCUT2D eigenvalue weighted by Gasteiger charge is 2.33. The number of hydrogen-bond donors (Lipinski definition) is 1. The van der Waals surface area contributed by atoms with Gasteiger partial charge in [0.2, 0.25) is 0 Å². The monoisotopic (exact) mass is 276 g/mol. The average Bonchev–Trinajstić information content (AvgIpc) is 2.41. The van der Waals surface area contributed by atoms with Crippen molar-refractivity contribution in [3.05, 3.63) is 35.4 Å². The molecular weight excluding hydrogens is 244 g/mol. The summed E-state index contributed by atoms with van der Waals surface area (Å²) >= 11 is 0. The molecule has 20 heavy (non-hydrogen) atoms. The highest BCUT2D eigenvalue weighted by Crippen LogP contribution is 2.22. The minimum Gasteiger partial charge on any atom is -0.312 e. The molecule has 0 saturated heterocycles. The molecular formula is C18H32N2. The Morgan fingerprint density at radius 1 is 1.05 bits per heavy atom. The number of nitrogens with zero attached hydrogens (tertiary/aromatic N) is 1. The van der Waals surface area contributed by atoms with Gasteiger partial charge >= 0.3 is 0 Å². The summed E-state index contributed by atoms with van der Waals surface area (Å²) in [6.07, 6.45) is 1.08. The van der Waals surface area contributed by atoms with E-state index >= 15 is 0 Å². The quantitative estimate of drug-likeness (QED) is 0.780. The first-order chi connectivity index (χ1) is 9.45. The van der Waals surface area contributed by atoms with Crippen LogP contribution in [0.15, 0.2) is 24.3 Å². The third-order valence-electron chi connectivity index (χ3n) is 4.44. The Morgan fingerprint density at radius 2 is 1.60 bits per heavy atom. The lowest BCUT2D eigenvalue weighted by Crippen LogP contribution is -2.58. The Morgan fingerprint density at radius 3 is 2.05 bits per heavy atom. The van der Waals surface area contributed by atoms with Gasteiger partial charge in [-0.15, -0.1) is 0 Å². The van der Waals surface area contributed by atoms with Crippen LogP contribution in [-0.4, -0.2) is 36.1 Å². The van der Waals surface area contributed by atoms with E-state index in [1.807, 2.05) is 0 Å². The molecule has 1 aromatic carbocycles. The molecule has 0 aliphatic carbocycles. The molecule has 0 aliphatic rings. The summed E-state index contributed by atoms with van der Waals surface area (Å²) in [5.41, 5.74) is 2.91. The van der Waals surface area contributed by atoms with E-state index in [1.54, 1.807) is 0 Å². The standard InChI is InChI=1S/C18H32N2/c1-7-19-17(18(5,6)20(8-2)9-3)14-16-12-10-15(4)11-13-16/h10-13,17,19H,7-9,14H2,1-6H3. The zero-order chi connectivity index (χ0) is 15.2. The number of nitrogens with one attached hydrogen (secondary N) is 1. The fourth-order valence-corrected chi connectivity index (χ4v) is 3.04. The Bertz CT molecular complexity index is 377. The molecule has 2 nitrogen and oxygen atoms in total. The van der Waals surface area contributed by atoms with Gasteiger partial charge in [-0.1, -0.05) is 50.6 Å². The molecule has 0 saturated carbocycles. The number of hydrogen-bond acceptors (Lipinski definition) is 2. The van der Waals surface area contributed by atoms with Gasteiger partial charge in [-0.25, -0.2) is 0 Å². The molecule has 1 rings (SSSR count). The maximum absolute atomic E-state index is 3.69. The van der Waals surface area contributed by atoms with Crippen LogP contribution in [0.2, 0.25) is 0 Å². The van der Waals surface area contributed by atoms with Gasteiger partial charge in [-0.05, 0) is 52.4 Å². The average molecular weight is 276 g/mol. The van der Waals surface area contributed by atoms with Gasteiger partial charge < -0.3 is 5.32 Å². The van der Waals surface area contributed by atoms with Crippen LogP contribution in [-0.2, 0) is 6.42 Å². The van der Waals surface area contributed by atoms with E-state index in [-0.39, 0.29) is 5.54 Å². The molecule has 1 N–H and O–H groups in total. The zero-order valence-electron chi connectivity index (χ0n) is 14.2. The fraction of sp³-hybridized carbons (Fsp3) is 0.667. The van der Waals surface area contributed by atoms with Crippen LogP contribution in [0, 0.1) is 6.92 Å². The maximum Gasteiger partial charge on any atom is 0.0309 e. The smallest absolute Gasteiger partial charge is 0.0309 e. The first-order valence-electron chi connectivity index (χ1n) is 7.99. The Balaban J connectivity index is 2.89. The van der Waals surface area contributed by atoms with Crippen LogP contribution in [0.1, 0.15) is 45.7 Å². The van der Waals surface area contributed by atoms with E-state index in [1.165, 1.54) is 11.1 Å². The first-order valence-corrected chi connectivity index (χ1v) is 7.99. The van der Waals surface area contributed by atoms with Crippen molar-refractivity contribution >= 4 is 0 Å². The zero-order valence-corrected chi connectivity index (χ0v) is 14.2. The Kier molecular flexibility index (Phi) is 6.70. The number of aryl methyl sites for hydroxylation is 1. The Hall–Kier alpha value is -0.860. The predicted molar refractivity (Wildman–Crippen MR) is 89.3 cm³/mol. The topological polar surface area (TPSA) is 15.3 Å². The molecule has 0 amide bonds. The first kappa shape index (κ1) is 17.2. The molecule has 1 unspecified atom stereocenters. The van der Waals surface area contributed by atoms with Crippen molar-refractivity contribution in [2.24, 2.45) is 0 Å². The minimum absolute atomic E-state index is 0.157. The van der Waals surface area contributed by atoms with Crippen LogP contribution in [0.4, 0.5) is 0 Å². The summed E-state index contributed by atoms with van der Waals surface area (Å²) in [5, 5.41) is 3.69. The molecule has 0 heterocycles. The predicted octanol–water partition coefficient (Wildman–Crippen LogP) is 3.64. The van der Waals surface area contributed by atoms with Gasteiger partial charge in [-0.2, -0.15) is 0 Å². The Labute approximate surface area is 125 Å². The molecule has 0 bridgehead atoms. The van der Waals surface area contributed by atoms with Gasteiger partial charge in [-0.3, -0.25) is 4.90 Å². The highest BCUT2D eigenvalue weighted by atomic mass is 15.2. The third kappa shape index (κ3) is 4.32. The van der Waals surface area contributed by atoms with E-state index in [9.17, 15) is 0 Å². The van der Waals surface area contributed by atoms with Gasteiger partial charge in [0, 0.05) is 11.6 Å². The van der Waals surface area contributed by atoms with E-state index in [0.717, 1.165) is 26.1 Å². The largest absolute Gasteiger partial charge is 0.312 e. The lowest BCUT2D eigenvalue weighted by atomic mass is 9.87. The summed E-state index contributed by atoms with van der Waals surface area (Å²) in [4.78, 5) is 2.55. The van der Waals surface area contributed by atoms with Crippen LogP contribution in [0.25, 0.3) is 0 Å². The number of benzene rings is 1. The summed E-state index contributed by atoms with van der Waals surface area (Å²) in [6, 6.07) is 9.41. The van der Waals surface area contributed by atoms with Crippen molar-refractivity contribution in [1.82, 2.24) is 10.2 Å². The molecule has 0 spiro atoms. The third-order valence-corrected chi connectivity index (χ3v) is 4.44. The second kappa shape index (κ2) is 7.80. The lowest BCUT2D eigenvalue weighted by molar-refractivity contribution is 0.0918. The molecule has 0 aliphatic heterocycles. The van der Waals surface area contributed by atoms with Gasteiger partial charge in [0.15, 0.2) is 0 Å². The van der Waals surface area contributed by atoms with Crippen molar-refractivity contribution in [2.75, 3.05) is 19.6 Å². The van der Waals surface area contributed by atoms with Crippen molar-refractivity contribution in [1.29, 1.82) is 0 Å². The molecule has 0 fully saturated rings. The van der Waals surface area contributed by atoms with E-state index in [0.29, 0.717) is 6.04 Å². The summed E-state index contributed by atoms with van der Waals surface area (Å²) < 4.78 is 0. The second-order valence-electron chi connectivity index (χ2n) is 6.13. The van der Waals surface area contributed by atoms with Crippen LogP contribution < -0.4 is 5.32 Å². The minimum atomic E-state index is 0.157. The molecule has 1 atom stereocenters. The van der Waals surface area contributed by atoms with Gasteiger partial charge in [0.05, 0.1) is 0 Å². The fourth-order valence-electron chi connectivity index (χ4n) is 3.04. The van der Waals surface area contributed by atoms with Crippen LogP contribution >= 0.6 is 0 Å². The molecule has 0 radical (unpaired) electrons. The van der Waals surface area contributed by atoms with Crippen LogP contribution in [0.5, 0.6) is 0 Å². The van der Waals surface area contributed by atoms with E-state index < -0.39 is 0 Å². The molecule has 1 aromatic rings. The second-order valence-corrected chi connectivity index (χ2v) is 6.13. The molecule has 2 heteroatoms. The summed E-state index contributed by atoms with van der Waals surface area (Å²) in [5.74, 6) is 0. The lowest BCUT2D eigenvalue weighted by Gasteiger charge is -2.44. The summed E-state index contributed by atoms with van der Waals surface area (Å²) in [6.45, 7) is 16.8. The van der Waals surface area contributed by atoms with Crippen molar-refractivity contribution in [2.45, 2.75) is 59.5 Å². The van der Waals surface area contributed by atoms with Gasteiger partial charge in [0.1, 0.15) is 0 Å². The normalized spacial score (nSPS) is 13.8. The highest BCUT2D eigenvalue weighted by molar-refractivity contribution is 5.23. The number of likely N-dealkylation sites (N-methyl/N-ethyl adjacent to an activating group) is 2. The van der Waals surface area contributed by atoms with E-state index in [4.69, 9.17) is 0 Å². The maximum atomic E-state index is 3.69. The SMILES string of the molecule is CCNC(Cc1ccc(C)cc1)C(C)(C)N(CC)CC. The van der Waals surface area contributed by atoms with E-state index in [2.05, 4.69) is 76.0 Å². The molecule has 114 valence electrons. The van der Waals surface area contributed by atoms with Gasteiger partial charge in [0.25, 0.3) is 0 Å². The van der Waals surface area contributed by atoms with Crippen molar-refractivity contribution in [3.63, 3.8) is 0 Å². The number of rotatable bonds is 8. The van der Waals surface area contributed by atoms with Crippen molar-refractivity contribution < 1.29 is 0 Å². The summed E-state index contributed by atoms with van der Waals surface area (Å²) in [7, 11) is 0.